The van der Waals surface area contributed by atoms with Crippen molar-refractivity contribution in [2.45, 2.75) is 64.8 Å². The molecule has 2 heterocycles. The first-order chi connectivity index (χ1) is 12.6. The summed E-state index contributed by atoms with van der Waals surface area (Å²) >= 11 is 0. The number of halogens is 1. The van der Waals surface area contributed by atoms with Crippen LogP contribution < -0.4 is 4.74 Å². The standard InChI is InChI=1S/C22H34N2O2.ClH/c1-18-14-19(2)16-21(15-18)26-17-22(25)24-12-7-4-8-20(24)9-13-23-10-5-3-6-11-23;/h14-16,20H,3-13,17H2,1-2H3;1H. The molecule has 0 N–H and O–H groups in total. The average molecular weight is 395 g/mol. The summed E-state index contributed by atoms with van der Waals surface area (Å²) in [6, 6.07) is 6.52. The number of hydrogen-bond donors (Lipinski definition) is 0. The second-order valence-corrected chi connectivity index (χ2v) is 8.04. The Kier molecular flexibility index (Phi) is 8.91. The SMILES string of the molecule is Cc1cc(C)cc(OCC(=O)N2CCCCC2CCN2CCCCC2)c1.Cl. The molecule has 0 radical (unpaired) electrons. The number of amides is 1. The molecule has 0 aliphatic carbocycles. The van der Waals surface area contributed by atoms with Crippen molar-refractivity contribution in [1.82, 2.24) is 9.80 Å². The van der Waals surface area contributed by atoms with E-state index < -0.39 is 0 Å². The van der Waals surface area contributed by atoms with Gasteiger partial charge in [0.25, 0.3) is 5.91 Å². The number of carbonyl (C=O) groups is 1. The maximum atomic E-state index is 12.8. The van der Waals surface area contributed by atoms with Crippen molar-refractivity contribution < 1.29 is 9.53 Å². The molecule has 1 aromatic rings. The number of carbonyl (C=O) groups excluding carboxylic acids is 1. The van der Waals surface area contributed by atoms with E-state index in [-0.39, 0.29) is 24.9 Å². The average Bonchev–Trinajstić information content (AvgIpc) is 2.65. The summed E-state index contributed by atoms with van der Waals surface area (Å²) in [6.45, 7) is 8.76. The quantitative estimate of drug-likeness (QED) is 0.718. The first kappa shape index (κ1) is 22.0. The fraction of sp³-hybridized carbons (Fsp3) is 0.682. The Morgan fingerprint density at radius 3 is 2.37 bits per heavy atom. The van der Waals surface area contributed by atoms with Crippen LogP contribution in [0.4, 0.5) is 0 Å². The van der Waals surface area contributed by atoms with Gasteiger partial charge < -0.3 is 14.5 Å². The number of likely N-dealkylation sites (tertiary alicyclic amines) is 2. The monoisotopic (exact) mass is 394 g/mol. The van der Waals surface area contributed by atoms with Crippen molar-refractivity contribution in [3.05, 3.63) is 29.3 Å². The molecule has 27 heavy (non-hydrogen) atoms. The molecule has 0 aromatic heterocycles. The summed E-state index contributed by atoms with van der Waals surface area (Å²) in [5, 5.41) is 0. The summed E-state index contributed by atoms with van der Waals surface area (Å²) in [4.78, 5) is 17.5. The second-order valence-electron chi connectivity index (χ2n) is 8.04. The van der Waals surface area contributed by atoms with E-state index in [2.05, 4.69) is 29.7 Å². The van der Waals surface area contributed by atoms with Gasteiger partial charge in [0.1, 0.15) is 5.75 Å². The lowest BCUT2D eigenvalue weighted by molar-refractivity contribution is -0.137. The molecule has 2 aliphatic heterocycles. The van der Waals surface area contributed by atoms with Crippen LogP contribution in [0.25, 0.3) is 0 Å². The highest BCUT2D eigenvalue weighted by Crippen LogP contribution is 2.22. The molecule has 5 heteroatoms. The number of benzene rings is 1. The third-order valence-corrected chi connectivity index (χ3v) is 5.73. The number of nitrogens with zero attached hydrogens (tertiary/aromatic N) is 2. The maximum Gasteiger partial charge on any atom is 0.260 e. The van der Waals surface area contributed by atoms with E-state index in [1.165, 1.54) is 49.9 Å². The summed E-state index contributed by atoms with van der Waals surface area (Å²) in [7, 11) is 0. The van der Waals surface area contributed by atoms with Crippen LogP contribution in [-0.4, -0.2) is 54.5 Å². The predicted molar refractivity (Wildman–Crippen MR) is 113 cm³/mol. The summed E-state index contributed by atoms with van der Waals surface area (Å²) in [5.74, 6) is 0.949. The third kappa shape index (κ3) is 6.69. The molecule has 3 rings (SSSR count). The largest absolute Gasteiger partial charge is 0.484 e. The fourth-order valence-corrected chi connectivity index (χ4v) is 4.39. The van der Waals surface area contributed by atoms with Crippen LogP contribution in [0, 0.1) is 13.8 Å². The fourth-order valence-electron chi connectivity index (χ4n) is 4.39. The zero-order valence-corrected chi connectivity index (χ0v) is 17.7. The van der Waals surface area contributed by atoms with Crippen molar-refractivity contribution in [2.75, 3.05) is 32.8 Å². The maximum absolute atomic E-state index is 12.8. The van der Waals surface area contributed by atoms with Crippen molar-refractivity contribution >= 4 is 18.3 Å². The highest BCUT2D eigenvalue weighted by atomic mass is 35.5. The molecule has 2 fully saturated rings. The van der Waals surface area contributed by atoms with E-state index in [4.69, 9.17) is 4.74 Å². The van der Waals surface area contributed by atoms with Crippen LogP contribution in [0.1, 0.15) is 56.1 Å². The summed E-state index contributed by atoms with van der Waals surface area (Å²) in [5.41, 5.74) is 2.34. The van der Waals surface area contributed by atoms with Crippen molar-refractivity contribution in [3.63, 3.8) is 0 Å². The highest BCUT2D eigenvalue weighted by Gasteiger charge is 2.27. The Morgan fingerprint density at radius 2 is 1.67 bits per heavy atom. The minimum Gasteiger partial charge on any atom is -0.484 e. The zero-order valence-electron chi connectivity index (χ0n) is 16.9. The van der Waals surface area contributed by atoms with Gasteiger partial charge in [-0.25, -0.2) is 0 Å². The number of ether oxygens (including phenoxy) is 1. The molecular weight excluding hydrogens is 360 g/mol. The van der Waals surface area contributed by atoms with E-state index in [9.17, 15) is 4.79 Å². The molecule has 1 atom stereocenters. The van der Waals surface area contributed by atoms with Crippen LogP contribution >= 0.6 is 12.4 Å². The lowest BCUT2D eigenvalue weighted by Crippen LogP contribution is -2.47. The third-order valence-electron chi connectivity index (χ3n) is 5.73. The number of hydrogen-bond acceptors (Lipinski definition) is 3. The molecule has 4 nitrogen and oxygen atoms in total. The molecular formula is C22H35ClN2O2. The zero-order chi connectivity index (χ0) is 18.4. The van der Waals surface area contributed by atoms with E-state index in [1.807, 2.05) is 12.1 Å². The summed E-state index contributed by atoms with van der Waals surface area (Å²) < 4.78 is 5.82. The topological polar surface area (TPSA) is 32.8 Å². The van der Waals surface area contributed by atoms with Gasteiger partial charge in [0, 0.05) is 19.1 Å². The van der Waals surface area contributed by atoms with Crippen LogP contribution in [-0.2, 0) is 4.79 Å². The molecule has 0 bridgehead atoms. The van der Waals surface area contributed by atoms with Gasteiger partial charge in [-0.2, -0.15) is 0 Å². The normalized spacial score (nSPS) is 20.8. The molecule has 0 saturated carbocycles. The molecule has 2 saturated heterocycles. The van der Waals surface area contributed by atoms with Gasteiger partial charge in [-0.1, -0.05) is 12.5 Å². The van der Waals surface area contributed by atoms with Gasteiger partial charge in [-0.15, -0.1) is 12.4 Å². The minimum atomic E-state index is 0. The summed E-state index contributed by atoms with van der Waals surface area (Å²) in [6.07, 6.45) is 8.65. The van der Waals surface area contributed by atoms with E-state index >= 15 is 0 Å². The van der Waals surface area contributed by atoms with Gasteiger partial charge in [0.05, 0.1) is 0 Å². The molecule has 2 aliphatic rings. The molecule has 1 amide bonds. The minimum absolute atomic E-state index is 0. The van der Waals surface area contributed by atoms with E-state index in [0.29, 0.717) is 6.04 Å². The number of aryl methyl sites for hydroxylation is 2. The van der Waals surface area contributed by atoms with E-state index in [0.717, 1.165) is 38.1 Å². The van der Waals surface area contributed by atoms with Crippen LogP contribution in [0.5, 0.6) is 5.75 Å². The van der Waals surface area contributed by atoms with Crippen molar-refractivity contribution in [1.29, 1.82) is 0 Å². The van der Waals surface area contributed by atoms with Crippen LogP contribution in [0.3, 0.4) is 0 Å². The number of rotatable bonds is 6. The lowest BCUT2D eigenvalue weighted by Gasteiger charge is -2.37. The van der Waals surface area contributed by atoms with Gasteiger partial charge in [-0.3, -0.25) is 4.79 Å². The predicted octanol–water partition coefficient (Wildman–Crippen LogP) is 4.36. The van der Waals surface area contributed by atoms with Gasteiger partial charge in [0.15, 0.2) is 6.61 Å². The lowest BCUT2D eigenvalue weighted by atomic mass is 9.98. The molecule has 1 unspecified atom stereocenters. The van der Waals surface area contributed by atoms with E-state index in [1.54, 1.807) is 0 Å². The molecule has 0 spiro atoms. The first-order valence-corrected chi connectivity index (χ1v) is 10.3. The Morgan fingerprint density at radius 1 is 1.00 bits per heavy atom. The second kappa shape index (κ2) is 10.9. The van der Waals surface area contributed by atoms with Crippen LogP contribution in [0.2, 0.25) is 0 Å². The molecule has 152 valence electrons. The Balaban J connectivity index is 0.00000261. The van der Waals surface area contributed by atoms with Crippen molar-refractivity contribution in [3.8, 4) is 5.75 Å². The Bertz CT molecular complexity index is 582. The number of piperidine rings is 2. The Labute approximate surface area is 170 Å². The van der Waals surface area contributed by atoms with Crippen molar-refractivity contribution in [2.24, 2.45) is 0 Å². The molecule has 1 aromatic carbocycles. The van der Waals surface area contributed by atoms with Crippen LogP contribution in [0.15, 0.2) is 18.2 Å². The Hall–Kier alpha value is -1.26. The highest BCUT2D eigenvalue weighted by molar-refractivity contribution is 5.85. The van der Waals surface area contributed by atoms with Gasteiger partial charge in [-0.05, 0) is 88.7 Å². The van der Waals surface area contributed by atoms with Gasteiger partial charge in [0.2, 0.25) is 0 Å². The first-order valence-electron chi connectivity index (χ1n) is 10.3. The smallest absolute Gasteiger partial charge is 0.260 e. The van der Waals surface area contributed by atoms with Gasteiger partial charge >= 0.3 is 0 Å².